The van der Waals surface area contributed by atoms with Gasteiger partial charge in [0.05, 0.1) is 0 Å². The van der Waals surface area contributed by atoms with Crippen molar-refractivity contribution in [1.82, 2.24) is 14.2 Å². The van der Waals surface area contributed by atoms with Gasteiger partial charge in [-0.2, -0.15) is 8.42 Å². The number of piperidine rings is 1. The molecule has 2 aromatic rings. The highest BCUT2D eigenvalue weighted by molar-refractivity contribution is 7.87. The Morgan fingerprint density at radius 1 is 1.28 bits per heavy atom. The van der Waals surface area contributed by atoms with Crippen LogP contribution in [0.3, 0.4) is 0 Å². The van der Waals surface area contributed by atoms with Crippen molar-refractivity contribution in [2.24, 2.45) is 11.1 Å². The number of rotatable bonds is 6. The Balaban J connectivity index is 1.54. The fraction of sp³-hybridized carbons (Fsp3) is 0.471. The average Bonchev–Trinajstić information content (AvgIpc) is 3.01. The molecule has 8 heteroatoms. The predicted molar refractivity (Wildman–Crippen MR) is 97.0 cm³/mol. The van der Waals surface area contributed by atoms with Crippen LogP contribution in [0.1, 0.15) is 19.3 Å². The molecule has 136 valence electrons. The maximum absolute atomic E-state index is 12.5. The Hall–Kier alpha value is -1.90. The van der Waals surface area contributed by atoms with Gasteiger partial charge in [0.15, 0.2) is 0 Å². The van der Waals surface area contributed by atoms with Crippen LogP contribution in [-0.4, -0.2) is 43.4 Å². The number of fused-ring (bicyclic) bond motifs is 1. The summed E-state index contributed by atoms with van der Waals surface area (Å²) in [7, 11) is -3.68. The third-order valence-electron chi connectivity index (χ3n) is 4.69. The monoisotopic (exact) mass is 364 g/mol. The SMILES string of the molecule is NS(=O)(=O)NCC1CCCN(C(=O)CCn2ccc3ccccc32)C1. The van der Waals surface area contributed by atoms with Crippen molar-refractivity contribution in [3.8, 4) is 0 Å². The summed E-state index contributed by atoms with van der Waals surface area (Å²) in [4.78, 5) is 14.4. The van der Waals surface area contributed by atoms with E-state index in [4.69, 9.17) is 5.14 Å². The zero-order valence-electron chi connectivity index (χ0n) is 14.1. The number of benzene rings is 1. The quantitative estimate of drug-likeness (QED) is 0.802. The first-order chi connectivity index (χ1) is 11.9. The van der Waals surface area contributed by atoms with E-state index >= 15 is 0 Å². The summed E-state index contributed by atoms with van der Waals surface area (Å²) in [5.74, 6) is 0.224. The number of nitrogens with zero attached hydrogens (tertiary/aromatic N) is 2. The van der Waals surface area contributed by atoms with E-state index in [2.05, 4.69) is 27.5 Å². The predicted octanol–water partition coefficient (Wildman–Crippen LogP) is 1.06. The van der Waals surface area contributed by atoms with Gasteiger partial charge in [-0.05, 0) is 36.3 Å². The maximum atomic E-state index is 12.5. The lowest BCUT2D eigenvalue weighted by Crippen LogP contribution is -2.44. The van der Waals surface area contributed by atoms with Crippen LogP contribution in [0.5, 0.6) is 0 Å². The number of carbonyl (C=O) groups is 1. The van der Waals surface area contributed by atoms with Gasteiger partial charge in [0.25, 0.3) is 10.2 Å². The normalized spacial score (nSPS) is 18.6. The molecule has 1 saturated heterocycles. The molecule has 1 amide bonds. The molecule has 1 aliphatic heterocycles. The molecule has 0 radical (unpaired) electrons. The number of para-hydroxylation sites is 1. The number of hydrogen-bond acceptors (Lipinski definition) is 3. The van der Waals surface area contributed by atoms with Crippen LogP contribution in [-0.2, 0) is 21.5 Å². The lowest BCUT2D eigenvalue weighted by Gasteiger charge is -2.32. The molecule has 7 nitrogen and oxygen atoms in total. The Kier molecular flexibility index (Phi) is 5.41. The Morgan fingerprint density at radius 3 is 2.88 bits per heavy atom. The van der Waals surface area contributed by atoms with Gasteiger partial charge in [-0.25, -0.2) is 9.86 Å². The number of likely N-dealkylation sites (tertiary alicyclic amines) is 1. The van der Waals surface area contributed by atoms with Gasteiger partial charge in [-0.3, -0.25) is 4.79 Å². The minimum Gasteiger partial charge on any atom is -0.347 e. The van der Waals surface area contributed by atoms with Gasteiger partial charge in [0.1, 0.15) is 0 Å². The minimum absolute atomic E-state index is 0.109. The average molecular weight is 364 g/mol. The van der Waals surface area contributed by atoms with Crippen molar-refractivity contribution < 1.29 is 13.2 Å². The first-order valence-electron chi connectivity index (χ1n) is 8.51. The second-order valence-electron chi connectivity index (χ2n) is 6.56. The molecule has 0 saturated carbocycles. The standard InChI is InChI=1S/C17H24N4O3S/c18-25(23,24)19-12-14-4-3-9-21(13-14)17(22)8-11-20-10-7-15-5-1-2-6-16(15)20/h1-2,5-7,10,14,19H,3-4,8-9,11-13H2,(H2,18,23,24). The van der Waals surface area contributed by atoms with E-state index in [1.165, 1.54) is 5.39 Å². The van der Waals surface area contributed by atoms with E-state index in [1.54, 1.807) is 0 Å². The molecule has 1 aliphatic rings. The maximum Gasteiger partial charge on any atom is 0.274 e. The zero-order chi connectivity index (χ0) is 17.9. The highest BCUT2D eigenvalue weighted by atomic mass is 32.2. The first kappa shape index (κ1) is 17.9. The molecule has 1 aromatic carbocycles. The number of amides is 1. The highest BCUT2D eigenvalue weighted by Crippen LogP contribution is 2.18. The van der Waals surface area contributed by atoms with Gasteiger partial charge in [0, 0.05) is 44.3 Å². The lowest BCUT2D eigenvalue weighted by molar-refractivity contribution is -0.133. The summed E-state index contributed by atoms with van der Waals surface area (Å²) in [5, 5.41) is 6.14. The van der Waals surface area contributed by atoms with Crippen molar-refractivity contribution in [2.45, 2.75) is 25.8 Å². The van der Waals surface area contributed by atoms with Gasteiger partial charge < -0.3 is 9.47 Å². The molecule has 25 heavy (non-hydrogen) atoms. The van der Waals surface area contributed by atoms with Crippen molar-refractivity contribution in [2.75, 3.05) is 19.6 Å². The van der Waals surface area contributed by atoms with E-state index in [-0.39, 0.29) is 18.4 Å². The van der Waals surface area contributed by atoms with Crippen molar-refractivity contribution in [3.63, 3.8) is 0 Å². The molecule has 0 spiro atoms. The molecule has 1 aromatic heterocycles. The second kappa shape index (κ2) is 7.55. The lowest BCUT2D eigenvalue weighted by atomic mass is 9.98. The number of hydrogen-bond donors (Lipinski definition) is 2. The number of nitrogens with one attached hydrogen (secondary N) is 1. The van der Waals surface area contributed by atoms with Crippen molar-refractivity contribution >= 4 is 27.0 Å². The van der Waals surface area contributed by atoms with Gasteiger partial charge in [-0.15, -0.1) is 0 Å². The number of carbonyl (C=O) groups excluding carboxylic acids is 1. The molecule has 0 bridgehead atoms. The molecule has 3 rings (SSSR count). The largest absolute Gasteiger partial charge is 0.347 e. The van der Waals surface area contributed by atoms with Crippen LogP contribution in [0.25, 0.3) is 10.9 Å². The molecule has 1 fully saturated rings. The van der Waals surface area contributed by atoms with Crippen molar-refractivity contribution in [1.29, 1.82) is 0 Å². The summed E-state index contributed by atoms with van der Waals surface area (Å²) in [6.07, 6.45) is 4.23. The topological polar surface area (TPSA) is 97.4 Å². The number of aryl methyl sites for hydroxylation is 1. The van der Waals surface area contributed by atoms with Crippen LogP contribution in [0, 0.1) is 5.92 Å². The van der Waals surface area contributed by atoms with E-state index < -0.39 is 10.2 Å². The minimum atomic E-state index is -3.68. The molecule has 1 unspecified atom stereocenters. The molecule has 0 aliphatic carbocycles. The molecule has 2 heterocycles. The van der Waals surface area contributed by atoms with Gasteiger partial charge in [-0.1, -0.05) is 18.2 Å². The third kappa shape index (κ3) is 4.81. The van der Waals surface area contributed by atoms with Crippen LogP contribution in [0.15, 0.2) is 36.5 Å². The van der Waals surface area contributed by atoms with Crippen molar-refractivity contribution in [3.05, 3.63) is 36.5 Å². The van der Waals surface area contributed by atoms with E-state index in [1.807, 2.05) is 23.2 Å². The van der Waals surface area contributed by atoms with Gasteiger partial charge in [0.2, 0.25) is 5.91 Å². The van der Waals surface area contributed by atoms with Gasteiger partial charge >= 0.3 is 0 Å². The van der Waals surface area contributed by atoms with E-state index in [0.29, 0.717) is 19.5 Å². The van der Waals surface area contributed by atoms with Crippen LogP contribution < -0.4 is 9.86 Å². The van der Waals surface area contributed by atoms with E-state index in [0.717, 1.165) is 24.9 Å². The first-order valence-corrected chi connectivity index (χ1v) is 10.1. The second-order valence-corrected chi connectivity index (χ2v) is 7.94. The molecular weight excluding hydrogens is 340 g/mol. The summed E-state index contributed by atoms with van der Waals surface area (Å²) in [6.45, 7) is 2.23. The number of nitrogens with two attached hydrogens (primary N) is 1. The van der Waals surface area contributed by atoms with Crippen LogP contribution in [0.4, 0.5) is 0 Å². The number of aromatic nitrogens is 1. The fourth-order valence-corrected chi connectivity index (χ4v) is 3.87. The molecule has 3 N–H and O–H groups in total. The van der Waals surface area contributed by atoms with Crippen LogP contribution in [0.2, 0.25) is 0 Å². The Morgan fingerprint density at radius 2 is 2.08 bits per heavy atom. The van der Waals surface area contributed by atoms with Crippen LogP contribution >= 0.6 is 0 Å². The third-order valence-corrected chi connectivity index (χ3v) is 5.26. The molecule has 1 atom stereocenters. The summed E-state index contributed by atoms with van der Waals surface area (Å²) >= 11 is 0. The molecular formula is C17H24N4O3S. The summed E-state index contributed by atoms with van der Waals surface area (Å²) < 4.78 is 26.5. The summed E-state index contributed by atoms with van der Waals surface area (Å²) in [6, 6.07) is 10.2. The zero-order valence-corrected chi connectivity index (χ0v) is 14.9. The van der Waals surface area contributed by atoms with E-state index in [9.17, 15) is 13.2 Å². The summed E-state index contributed by atoms with van der Waals surface area (Å²) in [5.41, 5.74) is 1.13. The highest BCUT2D eigenvalue weighted by Gasteiger charge is 2.24. The fourth-order valence-electron chi connectivity index (χ4n) is 3.40. The smallest absolute Gasteiger partial charge is 0.274 e. The Bertz CT molecular complexity index is 846. The Labute approximate surface area is 148 Å².